The SMILES string of the molecule is Cc1nc(NCCCN)cc(Nc2cc[nH]c2)n1. The molecule has 0 amide bonds. The van der Waals surface area contributed by atoms with Gasteiger partial charge in [-0.2, -0.15) is 0 Å². The van der Waals surface area contributed by atoms with Gasteiger partial charge in [0.2, 0.25) is 0 Å². The van der Waals surface area contributed by atoms with Gasteiger partial charge in [0, 0.05) is 25.0 Å². The van der Waals surface area contributed by atoms with Crippen LogP contribution in [0.4, 0.5) is 17.3 Å². The lowest BCUT2D eigenvalue weighted by atomic mass is 10.4. The van der Waals surface area contributed by atoms with Crippen LogP contribution in [0.5, 0.6) is 0 Å². The monoisotopic (exact) mass is 246 g/mol. The summed E-state index contributed by atoms with van der Waals surface area (Å²) in [5, 5.41) is 6.44. The first kappa shape index (κ1) is 12.4. The molecule has 2 aromatic heterocycles. The normalized spacial score (nSPS) is 10.3. The highest BCUT2D eigenvalue weighted by Gasteiger charge is 2.02. The van der Waals surface area contributed by atoms with Gasteiger partial charge in [-0.25, -0.2) is 9.97 Å². The zero-order valence-electron chi connectivity index (χ0n) is 10.4. The minimum atomic E-state index is 0.672. The third-order valence-electron chi connectivity index (χ3n) is 2.40. The summed E-state index contributed by atoms with van der Waals surface area (Å²) in [5.74, 6) is 2.32. The van der Waals surface area contributed by atoms with Crippen molar-refractivity contribution in [3.8, 4) is 0 Å². The zero-order chi connectivity index (χ0) is 12.8. The molecule has 0 spiro atoms. The van der Waals surface area contributed by atoms with Crippen molar-refractivity contribution >= 4 is 17.3 Å². The van der Waals surface area contributed by atoms with E-state index in [1.165, 1.54) is 0 Å². The predicted octanol–water partition coefficient (Wildman–Crippen LogP) is 1.62. The number of hydrogen-bond acceptors (Lipinski definition) is 5. The van der Waals surface area contributed by atoms with Gasteiger partial charge in [-0.15, -0.1) is 0 Å². The van der Waals surface area contributed by atoms with E-state index < -0.39 is 0 Å². The summed E-state index contributed by atoms with van der Waals surface area (Å²) in [4.78, 5) is 11.6. The molecule has 2 heterocycles. The Balaban J connectivity index is 2.06. The Labute approximate surface area is 106 Å². The first-order valence-corrected chi connectivity index (χ1v) is 5.97. The van der Waals surface area contributed by atoms with Crippen LogP contribution in [0.2, 0.25) is 0 Å². The largest absolute Gasteiger partial charge is 0.370 e. The fourth-order valence-corrected chi connectivity index (χ4v) is 1.59. The molecule has 0 unspecified atom stereocenters. The smallest absolute Gasteiger partial charge is 0.136 e. The van der Waals surface area contributed by atoms with Gasteiger partial charge in [0.25, 0.3) is 0 Å². The Morgan fingerprint density at radius 1 is 1.33 bits per heavy atom. The number of hydrogen-bond donors (Lipinski definition) is 4. The molecular weight excluding hydrogens is 228 g/mol. The van der Waals surface area contributed by atoms with E-state index in [2.05, 4.69) is 25.6 Å². The van der Waals surface area contributed by atoms with Gasteiger partial charge in [0.15, 0.2) is 0 Å². The molecule has 0 atom stereocenters. The van der Waals surface area contributed by atoms with E-state index in [4.69, 9.17) is 5.73 Å². The number of H-pyrrole nitrogens is 1. The second-order valence-electron chi connectivity index (χ2n) is 3.98. The molecule has 5 N–H and O–H groups in total. The maximum atomic E-state index is 5.45. The van der Waals surface area contributed by atoms with Gasteiger partial charge in [-0.05, 0) is 26.0 Å². The van der Waals surface area contributed by atoms with E-state index in [-0.39, 0.29) is 0 Å². The highest BCUT2D eigenvalue weighted by molar-refractivity contribution is 5.58. The van der Waals surface area contributed by atoms with Gasteiger partial charge in [0.1, 0.15) is 17.5 Å². The first-order chi connectivity index (χ1) is 8.78. The summed E-state index contributed by atoms with van der Waals surface area (Å²) < 4.78 is 0. The lowest BCUT2D eigenvalue weighted by molar-refractivity contribution is 0.867. The van der Waals surface area contributed by atoms with E-state index in [1.54, 1.807) is 0 Å². The maximum Gasteiger partial charge on any atom is 0.136 e. The molecule has 2 rings (SSSR count). The second kappa shape index (κ2) is 6.02. The summed E-state index contributed by atoms with van der Waals surface area (Å²) in [6, 6.07) is 3.83. The number of aromatic amines is 1. The van der Waals surface area contributed by atoms with E-state index >= 15 is 0 Å². The van der Waals surface area contributed by atoms with Gasteiger partial charge in [0.05, 0.1) is 5.69 Å². The molecule has 0 radical (unpaired) electrons. The quantitative estimate of drug-likeness (QED) is 0.581. The third-order valence-corrected chi connectivity index (χ3v) is 2.40. The van der Waals surface area contributed by atoms with E-state index in [9.17, 15) is 0 Å². The van der Waals surface area contributed by atoms with Crippen LogP contribution in [-0.2, 0) is 0 Å². The highest BCUT2D eigenvalue weighted by atomic mass is 15.1. The molecule has 18 heavy (non-hydrogen) atoms. The molecule has 0 fully saturated rings. The van der Waals surface area contributed by atoms with E-state index in [0.717, 1.165) is 36.1 Å². The van der Waals surface area contributed by atoms with Gasteiger partial charge >= 0.3 is 0 Å². The van der Waals surface area contributed by atoms with Crippen molar-refractivity contribution in [2.75, 3.05) is 23.7 Å². The minimum absolute atomic E-state index is 0.672. The van der Waals surface area contributed by atoms with Crippen molar-refractivity contribution in [2.45, 2.75) is 13.3 Å². The Morgan fingerprint density at radius 2 is 2.17 bits per heavy atom. The Kier molecular flexibility index (Phi) is 4.14. The molecule has 0 saturated heterocycles. The van der Waals surface area contributed by atoms with Crippen LogP contribution < -0.4 is 16.4 Å². The van der Waals surface area contributed by atoms with Crippen LogP contribution in [0.25, 0.3) is 0 Å². The number of rotatable bonds is 6. The lowest BCUT2D eigenvalue weighted by Crippen LogP contribution is -2.10. The van der Waals surface area contributed by atoms with Crippen molar-refractivity contribution in [2.24, 2.45) is 5.73 Å². The summed E-state index contributed by atoms with van der Waals surface area (Å²) in [6.07, 6.45) is 4.65. The molecule has 6 nitrogen and oxygen atoms in total. The van der Waals surface area contributed by atoms with E-state index in [0.29, 0.717) is 6.54 Å². The van der Waals surface area contributed by atoms with E-state index in [1.807, 2.05) is 31.5 Å². The summed E-state index contributed by atoms with van der Waals surface area (Å²) in [6.45, 7) is 3.36. The molecule has 96 valence electrons. The van der Waals surface area contributed by atoms with Crippen LogP contribution in [0.1, 0.15) is 12.2 Å². The number of aromatic nitrogens is 3. The van der Waals surface area contributed by atoms with Crippen molar-refractivity contribution in [3.63, 3.8) is 0 Å². The minimum Gasteiger partial charge on any atom is -0.370 e. The van der Waals surface area contributed by atoms with Crippen LogP contribution in [0.15, 0.2) is 24.5 Å². The summed E-state index contributed by atoms with van der Waals surface area (Å²) in [5.41, 5.74) is 6.43. The average molecular weight is 246 g/mol. The molecule has 0 aliphatic rings. The fourth-order valence-electron chi connectivity index (χ4n) is 1.59. The third kappa shape index (κ3) is 3.46. The molecule has 0 saturated carbocycles. The van der Waals surface area contributed by atoms with Crippen LogP contribution in [-0.4, -0.2) is 28.0 Å². The summed E-state index contributed by atoms with van der Waals surface area (Å²) >= 11 is 0. The van der Waals surface area contributed by atoms with Crippen LogP contribution in [0.3, 0.4) is 0 Å². The topological polar surface area (TPSA) is 91.6 Å². The maximum absolute atomic E-state index is 5.45. The Hall–Kier alpha value is -2.08. The van der Waals surface area contributed by atoms with Crippen molar-refractivity contribution in [1.82, 2.24) is 15.0 Å². The van der Waals surface area contributed by atoms with Gasteiger partial charge in [-0.1, -0.05) is 0 Å². The zero-order valence-corrected chi connectivity index (χ0v) is 10.4. The van der Waals surface area contributed by atoms with Gasteiger partial charge < -0.3 is 21.4 Å². The number of nitrogens with one attached hydrogen (secondary N) is 3. The molecule has 0 bridgehead atoms. The van der Waals surface area contributed by atoms with Crippen LogP contribution in [0, 0.1) is 6.92 Å². The van der Waals surface area contributed by atoms with Crippen molar-refractivity contribution < 1.29 is 0 Å². The lowest BCUT2D eigenvalue weighted by Gasteiger charge is -2.08. The summed E-state index contributed by atoms with van der Waals surface area (Å²) in [7, 11) is 0. The van der Waals surface area contributed by atoms with Crippen LogP contribution >= 0.6 is 0 Å². The second-order valence-corrected chi connectivity index (χ2v) is 3.98. The average Bonchev–Trinajstić information content (AvgIpc) is 2.81. The number of nitrogens with zero attached hydrogens (tertiary/aromatic N) is 2. The van der Waals surface area contributed by atoms with Crippen molar-refractivity contribution in [3.05, 3.63) is 30.4 Å². The van der Waals surface area contributed by atoms with Gasteiger partial charge in [-0.3, -0.25) is 0 Å². The molecule has 6 heteroatoms. The fraction of sp³-hybridized carbons (Fsp3) is 0.333. The Bertz CT molecular complexity index is 479. The van der Waals surface area contributed by atoms with Crippen molar-refractivity contribution in [1.29, 1.82) is 0 Å². The molecule has 2 aromatic rings. The number of anilines is 3. The number of aryl methyl sites for hydroxylation is 1. The first-order valence-electron chi connectivity index (χ1n) is 5.97. The molecular formula is C12H18N6. The molecule has 0 aromatic carbocycles. The number of nitrogens with two attached hydrogens (primary N) is 1. The highest BCUT2D eigenvalue weighted by Crippen LogP contribution is 2.16. The standard InChI is InChI=1S/C12H18N6/c1-9-16-11(15-5-2-4-13)7-12(17-9)18-10-3-6-14-8-10/h3,6-8,14H,2,4-5,13H2,1H3,(H2,15,16,17,18). The predicted molar refractivity (Wildman–Crippen MR) is 73.0 cm³/mol. The Morgan fingerprint density at radius 3 is 2.89 bits per heavy atom. The molecule has 0 aliphatic heterocycles. The molecule has 0 aliphatic carbocycles.